The Morgan fingerprint density at radius 1 is 1.26 bits per heavy atom. The number of nitrogens with zero attached hydrogens (tertiary/aromatic N) is 2. The maximum atomic E-state index is 6.58. The van der Waals surface area contributed by atoms with Crippen LogP contribution in [0, 0.1) is 0 Å². The molecule has 3 heteroatoms. The van der Waals surface area contributed by atoms with E-state index in [4.69, 9.17) is 11.6 Å². The van der Waals surface area contributed by atoms with Gasteiger partial charge in [-0.3, -0.25) is 4.90 Å². The van der Waals surface area contributed by atoms with Crippen LogP contribution in [0.25, 0.3) is 0 Å². The van der Waals surface area contributed by atoms with Crippen LogP contribution in [0.1, 0.15) is 37.1 Å². The van der Waals surface area contributed by atoms with Crippen molar-refractivity contribution in [3.63, 3.8) is 0 Å². The van der Waals surface area contributed by atoms with Crippen LogP contribution in [0.3, 0.4) is 0 Å². The predicted molar refractivity (Wildman–Crippen MR) is 84.2 cm³/mol. The molecule has 106 valence electrons. The van der Waals surface area contributed by atoms with Gasteiger partial charge in [0.25, 0.3) is 0 Å². The fourth-order valence-corrected chi connectivity index (χ4v) is 3.04. The van der Waals surface area contributed by atoms with Crippen molar-refractivity contribution in [2.24, 2.45) is 0 Å². The first-order valence-electron chi connectivity index (χ1n) is 7.23. The van der Waals surface area contributed by atoms with Crippen molar-refractivity contribution in [2.75, 3.05) is 32.1 Å². The van der Waals surface area contributed by atoms with Crippen molar-refractivity contribution in [1.82, 2.24) is 4.90 Å². The first kappa shape index (κ1) is 14.7. The molecule has 1 aliphatic rings. The molecule has 2 rings (SSSR count). The van der Waals surface area contributed by atoms with Crippen molar-refractivity contribution in [2.45, 2.75) is 37.6 Å². The third-order valence-electron chi connectivity index (χ3n) is 4.11. The van der Waals surface area contributed by atoms with Gasteiger partial charge in [-0.15, -0.1) is 11.6 Å². The fraction of sp³-hybridized carbons (Fsp3) is 0.625. The Bertz CT molecular complexity index is 388. The van der Waals surface area contributed by atoms with Crippen molar-refractivity contribution < 1.29 is 0 Å². The zero-order valence-corrected chi connectivity index (χ0v) is 13.0. The second-order valence-electron chi connectivity index (χ2n) is 5.79. The summed E-state index contributed by atoms with van der Waals surface area (Å²) in [7, 11) is 4.12. The molecule has 0 N–H and O–H groups in total. The number of anilines is 1. The van der Waals surface area contributed by atoms with Gasteiger partial charge in [0.1, 0.15) is 0 Å². The number of rotatable bonds is 4. The van der Waals surface area contributed by atoms with Gasteiger partial charge in [0, 0.05) is 32.4 Å². The molecule has 1 fully saturated rings. The summed E-state index contributed by atoms with van der Waals surface area (Å²) in [6.07, 6.45) is 3.98. The van der Waals surface area contributed by atoms with Crippen LogP contribution in [0.15, 0.2) is 24.3 Å². The highest BCUT2D eigenvalue weighted by Gasteiger charge is 2.21. The van der Waals surface area contributed by atoms with E-state index >= 15 is 0 Å². The second-order valence-corrected chi connectivity index (χ2v) is 6.32. The lowest BCUT2D eigenvalue weighted by molar-refractivity contribution is 0.161. The van der Waals surface area contributed by atoms with Gasteiger partial charge in [-0.1, -0.05) is 18.6 Å². The molecule has 1 aromatic carbocycles. The number of hydrogen-bond acceptors (Lipinski definition) is 2. The third kappa shape index (κ3) is 3.87. The van der Waals surface area contributed by atoms with Gasteiger partial charge in [0.2, 0.25) is 0 Å². The lowest BCUT2D eigenvalue weighted by atomic mass is 10.0. The Balaban J connectivity index is 1.97. The fourth-order valence-electron chi connectivity index (χ4n) is 2.72. The van der Waals surface area contributed by atoms with Gasteiger partial charge in [0.15, 0.2) is 0 Å². The Hall–Kier alpha value is -0.730. The van der Waals surface area contributed by atoms with Gasteiger partial charge in [-0.2, -0.15) is 0 Å². The Morgan fingerprint density at radius 2 is 1.95 bits per heavy atom. The van der Waals surface area contributed by atoms with Crippen LogP contribution in [0.2, 0.25) is 0 Å². The van der Waals surface area contributed by atoms with E-state index in [0.717, 1.165) is 6.54 Å². The zero-order chi connectivity index (χ0) is 13.8. The van der Waals surface area contributed by atoms with E-state index in [9.17, 15) is 0 Å². The molecule has 1 aromatic rings. The molecule has 0 spiro atoms. The minimum Gasteiger partial charge on any atom is -0.378 e. The average Bonchev–Trinajstić information content (AvgIpc) is 2.41. The highest BCUT2D eigenvalue weighted by atomic mass is 35.5. The lowest BCUT2D eigenvalue weighted by Gasteiger charge is -2.34. The highest BCUT2D eigenvalue weighted by molar-refractivity contribution is 6.21. The minimum atomic E-state index is 0.0942. The summed E-state index contributed by atoms with van der Waals surface area (Å²) in [6, 6.07) is 9.27. The molecule has 2 nitrogen and oxygen atoms in total. The number of hydrogen-bond donors (Lipinski definition) is 0. The number of alkyl halides is 1. The Labute approximate surface area is 122 Å². The lowest BCUT2D eigenvalue weighted by Crippen LogP contribution is -2.39. The van der Waals surface area contributed by atoms with Gasteiger partial charge in [0.05, 0.1) is 5.38 Å². The van der Waals surface area contributed by atoms with Crippen molar-refractivity contribution in [3.8, 4) is 0 Å². The summed E-state index contributed by atoms with van der Waals surface area (Å²) < 4.78 is 0. The molecule has 0 saturated carbocycles. The summed E-state index contributed by atoms with van der Waals surface area (Å²) in [6.45, 7) is 4.47. The van der Waals surface area contributed by atoms with Crippen LogP contribution >= 0.6 is 11.6 Å². The molecular formula is C16H25ClN2. The SMILES string of the molecule is CC1CCCCN1CC(Cl)c1ccc(N(C)C)cc1. The van der Waals surface area contributed by atoms with Crippen molar-refractivity contribution in [1.29, 1.82) is 0 Å². The van der Waals surface area contributed by atoms with Crippen LogP contribution in [-0.2, 0) is 0 Å². The molecule has 0 radical (unpaired) electrons. The summed E-state index contributed by atoms with van der Waals surface area (Å²) in [4.78, 5) is 4.64. The molecule has 19 heavy (non-hydrogen) atoms. The summed E-state index contributed by atoms with van der Waals surface area (Å²) in [5, 5.41) is 0.0942. The molecule has 1 heterocycles. The topological polar surface area (TPSA) is 6.48 Å². The van der Waals surface area contributed by atoms with E-state index in [0.29, 0.717) is 6.04 Å². The molecule has 1 saturated heterocycles. The van der Waals surface area contributed by atoms with Crippen LogP contribution in [0.4, 0.5) is 5.69 Å². The average molecular weight is 281 g/mol. The maximum Gasteiger partial charge on any atom is 0.0712 e. The van der Waals surface area contributed by atoms with Gasteiger partial charge in [-0.25, -0.2) is 0 Å². The predicted octanol–water partition coefficient (Wildman–Crippen LogP) is 3.91. The molecule has 0 bridgehead atoms. The van der Waals surface area contributed by atoms with Crippen LogP contribution in [0.5, 0.6) is 0 Å². The monoisotopic (exact) mass is 280 g/mol. The largest absolute Gasteiger partial charge is 0.378 e. The summed E-state index contributed by atoms with van der Waals surface area (Å²) in [5.74, 6) is 0. The molecular weight excluding hydrogens is 256 g/mol. The minimum absolute atomic E-state index is 0.0942. The highest BCUT2D eigenvalue weighted by Crippen LogP contribution is 2.27. The van der Waals surface area contributed by atoms with Crippen molar-refractivity contribution in [3.05, 3.63) is 29.8 Å². The summed E-state index contributed by atoms with van der Waals surface area (Å²) in [5.41, 5.74) is 2.45. The first-order valence-corrected chi connectivity index (χ1v) is 7.67. The van der Waals surface area contributed by atoms with E-state index in [1.165, 1.54) is 37.1 Å². The quantitative estimate of drug-likeness (QED) is 0.772. The van der Waals surface area contributed by atoms with E-state index < -0.39 is 0 Å². The number of piperidine rings is 1. The van der Waals surface area contributed by atoms with Crippen molar-refractivity contribution >= 4 is 17.3 Å². The zero-order valence-electron chi connectivity index (χ0n) is 12.3. The molecule has 2 unspecified atom stereocenters. The van der Waals surface area contributed by atoms with E-state index in [2.05, 4.69) is 55.1 Å². The van der Waals surface area contributed by atoms with Gasteiger partial charge >= 0.3 is 0 Å². The molecule has 0 amide bonds. The van der Waals surface area contributed by atoms with Crippen LogP contribution in [-0.4, -0.2) is 38.1 Å². The standard InChI is InChI=1S/C16H25ClN2/c1-13-6-4-5-11-19(13)12-16(17)14-7-9-15(10-8-14)18(2)3/h7-10,13,16H,4-6,11-12H2,1-3H3. The maximum absolute atomic E-state index is 6.58. The summed E-state index contributed by atoms with van der Waals surface area (Å²) >= 11 is 6.58. The third-order valence-corrected chi connectivity index (χ3v) is 4.50. The number of likely N-dealkylation sites (tertiary alicyclic amines) is 1. The first-order chi connectivity index (χ1) is 9.08. The van der Waals surface area contributed by atoms with Gasteiger partial charge in [-0.05, 0) is 44.0 Å². The van der Waals surface area contributed by atoms with Crippen LogP contribution < -0.4 is 4.90 Å². The molecule has 2 atom stereocenters. The Kier molecular flexibility index (Phi) is 5.12. The van der Waals surface area contributed by atoms with E-state index in [1.807, 2.05) is 0 Å². The van der Waals surface area contributed by atoms with E-state index in [-0.39, 0.29) is 5.38 Å². The smallest absolute Gasteiger partial charge is 0.0712 e. The second kappa shape index (κ2) is 6.62. The number of benzene rings is 1. The molecule has 1 aliphatic heterocycles. The van der Waals surface area contributed by atoms with Gasteiger partial charge < -0.3 is 4.90 Å². The van der Waals surface area contributed by atoms with E-state index in [1.54, 1.807) is 0 Å². The molecule has 0 aliphatic carbocycles. The normalized spacial score (nSPS) is 22.2. The number of halogens is 1. The Morgan fingerprint density at radius 3 is 2.53 bits per heavy atom. The molecule has 0 aromatic heterocycles.